The van der Waals surface area contributed by atoms with Crippen LogP contribution in [0.1, 0.15) is 38.3 Å². The zero-order valence-corrected chi connectivity index (χ0v) is 13.2. The van der Waals surface area contributed by atoms with Crippen molar-refractivity contribution in [2.75, 3.05) is 13.1 Å². The molecule has 0 aliphatic carbocycles. The Morgan fingerprint density at radius 3 is 2.36 bits per heavy atom. The molecule has 4 nitrogen and oxygen atoms in total. The van der Waals surface area contributed by atoms with E-state index in [1.54, 1.807) is 13.8 Å². The van der Waals surface area contributed by atoms with Gasteiger partial charge in [-0.25, -0.2) is 9.18 Å². The molecular weight excluding hydrogens is 285 g/mol. The van der Waals surface area contributed by atoms with Gasteiger partial charge in [-0.05, 0) is 31.4 Å². The van der Waals surface area contributed by atoms with Crippen molar-refractivity contribution in [2.45, 2.75) is 44.7 Å². The summed E-state index contributed by atoms with van der Waals surface area (Å²) in [6.45, 7) is 5.39. The quantitative estimate of drug-likeness (QED) is 0.930. The van der Waals surface area contributed by atoms with Crippen molar-refractivity contribution in [1.82, 2.24) is 4.90 Å². The molecule has 120 valence electrons. The number of rotatable bonds is 4. The molecule has 5 heteroatoms. The molecule has 0 saturated carbocycles. The number of nitrogens with zero attached hydrogens (tertiary/aromatic N) is 1. The first-order valence-corrected chi connectivity index (χ1v) is 7.52. The lowest BCUT2D eigenvalue weighted by atomic mass is 9.82. The highest BCUT2D eigenvalue weighted by molar-refractivity contribution is 5.89. The maximum absolute atomic E-state index is 14.1. The second-order valence-corrected chi connectivity index (χ2v) is 6.42. The lowest BCUT2D eigenvalue weighted by Gasteiger charge is -2.30. The van der Waals surface area contributed by atoms with Crippen LogP contribution in [0, 0.1) is 0 Å². The third-order valence-electron chi connectivity index (χ3n) is 4.51. The van der Waals surface area contributed by atoms with Gasteiger partial charge in [0.15, 0.2) is 0 Å². The van der Waals surface area contributed by atoms with Crippen LogP contribution in [-0.4, -0.2) is 40.6 Å². The molecule has 1 fully saturated rings. The van der Waals surface area contributed by atoms with Crippen LogP contribution in [0.25, 0.3) is 0 Å². The molecule has 1 unspecified atom stereocenters. The minimum absolute atomic E-state index is 0.137. The van der Waals surface area contributed by atoms with E-state index < -0.39 is 17.1 Å². The summed E-state index contributed by atoms with van der Waals surface area (Å²) in [6, 6.07) is 7.77. The Kier molecular flexibility index (Phi) is 4.27. The van der Waals surface area contributed by atoms with E-state index in [9.17, 15) is 14.0 Å². The van der Waals surface area contributed by atoms with Gasteiger partial charge in [-0.15, -0.1) is 0 Å². The van der Waals surface area contributed by atoms with Crippen molar-refractivity contribution < 1.29 is 19.1 Å². The molecule has 2 rings (SSSR count). The number of amides is 1. The van der Waals surface area contributed by atoms with Crippen LogP contribution in [0.15, 0.2) is 24.3 Å². The lowest BCUT2D eigenvalue weighted by Crippen LogP contribution is -2.45. The summed E-state index contributed by atoms with van der Waals surface area (Å²) in [7, 11) is 0. The first kappa shape index (κ1) is 16.5. The molecule has 1 saturated heterocycles. The molecule has 1 aromatic rings. The number of carboxylic acid groups (broad SMARTS) is 1. The normalized spacial score (nSPS) is 21.9. The highest BCUT2D eigenvalue weighted by atomic mass is 19.1. The lowest BCUT2D eigenvalue weighted by molar-refractivity contribution is -0.150. The first-order valence-electron chi connectivity index (χ1n) is 7.52. The van der Waals surface area contributed by atoms with Crippen LogP contribution in [0.5, 0.6) is 0 Å². The molecule has 1 atom stereocenters. The monoisotopic (exact) mass is 307 g/mol. The van der Waals surface area contributed by atoms with E-state index in [0.29, 0.717) is 0 Å². The Morgan fingerprint density at radius 2 is 1.91 bits per heavy atom. The highest BCUT2D eigenvalue weighted by Gasteiger charge is 2.49. The maximum Gasteiger partial charge on any atom is 0.343 e. The van der Waals surface area contributed by atoms with Crippen LogP contribution < -0.4 is 0 Å². The Hall–Kier alpha value is -1.91. The van der Waals surface area contributed by atoms with Gasteiger partial charge in [0.25, 0.3) is 0 Å². The first-order chi connectivity index (χ1) is 10.2. The van der Waals surface area contributed by atoms with Crippen molar-refractivity contribution in [2.24, 2.45) is 0 Å². The number of alkyl halides is 1. The van der Waals surface area contributed by atoms with Gasteiger partial charge in [0.05, 0.1) is 12.0 Å². The SMILES string of the molecule is CCc1ccc(C(C)(C)C(=O)N2CCC(F)(C(=O)O)C2)cc1. The van der Waals surface area contributed by atoms with Crippen molar-refractivity contribution in [3.05, 3.63) is 35.4 Å². The smallest absolute Gasteiger partial charge is 0.343 e. The fourth-order valence-corrected chi connectivity index (χ4v) is 2.80. The van der Waals surface area contributed by atoms with Crippen molar-refractivity contribution in [3.8, 4) is 0 Å². The van der Waals surface area contributed by atoms with Gasteiger partial charge in [-0.3, -0.25) is 4.79 Å². The number of carbonyl (C=O) groups is 2. The number of carbonyl (C=O) groups excluding carboxylic acids is 1. The average Bonchev–Trinajstić information content (AvgIpc) is 2.90. The predicted molar refractivity (Wildman–Crippen MR) is 81.5 cm³/mol. The van der Waals surface area contributed by atoms with Crippen LogP contribution in [0.4, 0.5) is 4.39 Å². The van der Waals surface area contributed by atoms with E-state index in [2.05, 4.69) is 6.92 Å². The highest BCUT2D eigenvalue weighted by Crippen LogP contribution is 2.32. The minimum Gasteiger partial charge on any atom is -0.479 e. The van der Waals surface area contributed by atoms with Crippen LogP contribution in [-0.2, 0) is 21.4 Å². The molecule has 0 radical (unpaired) electrons. The number of halogens is 1. The van der Waals surface area contributed by atoms with Crippen molar-refractivity contribution in [1.29, 1.82) is 0 Å². The molecule has 1 aliphatic rings. The molecule has 22 heavy (non-hydrogen) atoms. The van der Waals surface area contributed by atoms with Crippen LogP contribution in [0.3, 0.4) is 0 Å². The topological polar surface area (TPSA) is 57.6 Å². The van der Waals surface area contributed by atoms with Gasteiger partial charge in [0.1, 0.15) is 0 Å². The Balaban J connectivity index is 2.18. The number of aliphatic carboxylic acids is 1. The molecule has 0 aromatic heterocycles. The molecule has 1 aromatic carbocycles. The van der Waals surface area contributed by atoms with Gasteiger partial charge in [0.2, 0.25) is 11.6 Å². The van der Waals surface area contributed by atoms with Gasteiger partial charge in [-0.2, -0.15) is 0 Å². The number of hydrogen-bond donors (Lipinski definition) is 1. The summed E-state index contributed by atoms with van der Waals surface area (Å²) >= 11 is 0. The number of aryl methyl sites for hydroxylation is 1. The van der Waals surface area contributed by atoms with E-state index in [1.165, 1.54) is 10.5 Å². The van der Waals surface area contributed by atoms with Crippen LogP contribution >= 0.6 is 0 Å². The van der Waals surface area contributed by atoms with Gasteiger partial charge in [0, 0.05) is 13.0 Å². The zero-order chi connectivity index (χ0) is 16.5. The molecule has 0 bridgehead atoms. The largest absolute Gasteiger partial charge is 0.479 e. The van der Waals surface area contributed by atoms with Gasteiger partial charge in [-0.1, -0.05) is 31.2 Å². The summed E-state index contributed by atoms with van der Waals surface area (Å²) in [5, 5.41) is 8.94. The van der Waals surface area contributed by atoms with E-state index in [4.69, 9.17) is 5.11 Å². The minimum atomic E-state index is -2.32. The van der Waals surface area contributed by atoms with Crippen LogP contribution in [0.2, 0.25) is 0 Å². The predicted octanol–water partition coefficient (Wildman–Crippen LogP) is 2.55. The zero-order valence-electron chi connectivity index (χ0n) is 13.2. The number of benzene rings is 1. The molecular formula is C17H22FNO3. The van der Waals surface area contributed by atoms with Crippen molar-refractivity contribution >= 4 is 11.9 Å². The number of likely N-dealkylation sites (tertiary alicyclic amines) is 1. The average molecular weight is 307 g/mol. The van der Waals surface area contributed by atoms with E-state index in [0.717, 1.165) is 12.0 Å². The molecule has 0 spiro atoms. The summed E-state index contributed by atoms with van der Waals surface area (Å²) in [5.74, 6) is -1.73. The van der Waals surface area contributed by atoms with Gasteiger partial charge < -0.3 is 10.0 Å². The molecule has 1 amide bonds. The number of hydrogen-bond acceptors (Lipinski definition) is 2. The Bertz CT molecular complexity index is 582. The van der Waals surface area contributed by atoms with E-state index >= 15 is 0 Å². The molecule has 1 N–H and O–H groups in total. The van der Waals surface area contributed by atoms with Gasteiger partial charge >= 0.3 is 5.97 Å². The van der Waals surface area contributed by atoms with E-state index in [-0.39, 0.29) is 25.4 Å². The maximum atomic E-state index is 14.1. The summed E-state index contributed by atoms with van der Waals surface area (Å²) < 4.78 is 14.1. The van der Waals surface area contributed by atoms with Crippen molar-refractivity contribution in [3.63, 3.8) is 0 Å². The summed E-state index contributed by atoms with van der Waals surface area (Å²) in [4.78, 5) is 25.0. The third-order valence-corrected chi connectivity index (χ3v) is 4.51. The fraction of sp³-hybridized carbons (Fsp3) is 0.529. The van der Waals surface area contributed by atoms with E-state index in [1.807, 2.05) is 24.3 Å². The standard InChI is InChI=1S/C17H22FNO3/c1-4-12-5-7-13(8-6-12)16(2,3)14(20)19-10-9-17(18,11-19)15(21)22/h5-8H,4,9-11H2,1-3H3,(H,21,22). The Morgan fingerprint density at radius 1 is 1.32 bits per heavy atom. The second kappa shape index (κ2) is 5.71. The third kappa shape index (κ3) is 2.85. The fourth-order valence-electron chi connectivity index (χ4n) is 2.80. The second-order valence-electron chi connectivity index (χ2n) is 6.42. The molecule has 1 aliphatic heterocycles. The summed E-state index contributed by atoms with van der Waals surface area (Å²) in [6.07, 6.45) is 0.767. The number of carboxylic acids is 1. The Labute approximate surface area is 129 Å². The summed E-state index contributed by atoms with van der Waals surface area (Å²) in [5.41, 5.74) is -1.10. The molecule has 1 heterocycles.